The van der Waals surface area contributed by atoms with Crippen LogP contribution in [-0.2, 0) is 20.2 Å². The number of fused-ring (bicyclic) bond motifs is 1. The van der Waals surface area contributed by atoms with Gasteiger partial charge in [0.25, 0.3) is 10.0 Å². The van der Waals surface area contributed by atoms with Gasteiger partial charge in [0, 0.05) is 5.39 Å². The minimum absolute atomic E-state index is 0.107. The van der Waals surface area contributed by atoms with Crippen LogP contribution in [0.2, 0.25) is 0 Å². The molecule has 1 aliphatic carbocycles. The number of carbonyl (C=O) groups is 1. The summed E-state index contributed by atoms with van der Waals surface area (Å²) in [7, 11) is -2.42. The number of ether oxygens (including phenoxy) is 1. The molecule has 3 aromatic carbocycles. The normalized spacial score (nSPS) is 15.3. The van der Waals surface area contributed by atoms with E-state index in [4.69, 9.17) is 4.74 Å². The number of amides is 1. The van der Waals surface area contributed by atoms with Crippen molar-refractivity contribution in [3.63, 3.8) is 0 Å². The lowest BCUT2D eigenvalue weighted by Gasteiger charge is -2.17. The van der Waals surface area contributed by atoms with Crippen LogP contribution < -0.4 is 9.46 Å². The maximum absolute atomic E-state index is 12.9. The van der Waals surface area contributed by atoms with Crippen LogP contribution in [0.4, 0.5) is 0 Å². The third kappa shape index (κ3) is 3.06. The molecule has 4 rings (SSSR count). The number of nitrogens with one attached hydrogen (secondary N) is 1. The lowest BCUT2D eigenvalue weighted by molar-refractivity contribution is -0.121. The molecule has 1 N–H and O–H groups in total. The summed E-state index contributed by atoms with van der Waals surface area (Å²) in [6.45, 7) is 0. The van der Waals surface area contributed by atoms with E-state index in [1.165, 1.54) is 6.07 Å². The zero-order valence-corrected chi connectivity index (χ0v) is 15.6. The fourth-order valence-electron chi connectivity index (χ4n) is 3.40. The van der Waals surface area contributed by atoms with Crippen LogP contribution in [0.15, 0.2) is 71.6 Å². The molecule has 0 saturated heterocycles. The van der Waals surface area contributed by atoms with Crippen LogP contribution in [0.1, 0.15) is 18.4 Å². The summed E-state index contributed by atoms with van der Waals surface area (Å²) in [5.74, 6) is 0.146. The third-order valence-electron chi connectivity index (χ3n) is 5.07. The van der Waals surface area contributed by atoms with Crippen LogP contribution in [0.25, 0.3) is 10.8 Å². The van der Waals surface area contributed by atoms with Crippen molar-refractivity contribution in [2.45, 2.75) is 23.2 Å². The molecule has 0 spiro atoms. The number of benzene rings is 3. The Bertz CT molecular complexity index is 1130. The highest BCUT2D eigenvalue weighted by atomic mass is 32.2. The number of sulfonamides is 1. The van der Waals surface area contributed by atoms with Gasteiger partial charge in [-0.1, -0.05) is 48.5 Å². The van der Waals surface area contributed by atoms with Crippen molar-refractivity contribution in [3.8, 4) is 5.75 Å². The van der Waals surface area contributed by atoms with Gasteiger partial charge in [-0.2, -0.15) is 0 Å². The van der Waals surface area contributed by atoms with Gasteiger partial charge in [-0.25, -0.2) is 13.1 Å². The average molecular weight is 381 g/mol. The Morgan fingerprint density at radius 3 is 2.44 bits per heavy atom. The van der Waals surface area contributed by atoms with Crippen molar-refractivity contribution in [1.82, 2.24) is 4.72 Å². The van der Waals surface area contributed by atoms with Gasteiger partial charge in [0.15, 0.2) is 0 Å². The molecule has 1 aliphatic rings. The highest BCUT2D eigenvalue weighted by Crippen LogP contribution is 2.49. The van der Waals surface area contributed by atoms with E-state index in [9.17, 15) is 13.2 Å². The average Bonchev–Trinajstić information content (AvgIpc) is 3.49. The molecule has 0 bridgehead atoms. The second kappa shape index (κ2) is 6.39. The molecule has 27 heavy (non-hydrogen) atoms. The van der Waals surface area contributed by atoms with Gasteiger partial charge in [0.1, 0.15) is 5.75 Å². The molecule has 0 radical (unpaired) electrons. The zero-order valence-electron chi connectivity index (χ0n) is 14.8. The summed E-state index contributed by atoms with van der Waals surface area (Å²) >= 11 is 0. The molecule has 6 heteroatoms. The second-order valence-electron chi connectivity index (χ2n) is 6.73. The minimum atomic E-state index is -3.98. The lowest BCUT2D eigenvalue weighted by Crippen LogP contribution is -2.38. The first-order valence-corrected chi connectivity index (χ1v) is 10.1. The summed E-state index contributed by atoms with van der Waals surface area (Å²) < 4.78 is 33.4. The van der Waals surface area contributed by atoms with Crippen molar-refractivity contribution in [1.29, 1.82) is 0 Å². The van der Waals surface area contributed by atoms with Crippen LogP contribution in [0.5, 0.6) is 5.75 Å². The van der Waals surface area contributed by atoms with Crippen molar-refractivity contribution < 1.29 is 17.9 Å². The first-order valence-electron chi connectivity index (χ1n) is 8.66. The molecular weight excluding hydrogens is 362 g/mol. The summed E-state index contributed by atoms with van der Waals surface area (Å²) in [5.41, 5.74) is -0.0425. The maximum Gasteiger partial charge on any atom is 0.264 e. The topological polar surface area (TPSA) is 72.5 Å². The molecule has 3 aromatic rings. The van der Waals surface area contributed by atoms with Crippen molar-refractivity contribution >= 4 is 26.7 Å². The molecule has 138 valence electrons. The zero-order chi connectivity index (χ0) is 19.1. The molecule has 0 heterocycles. The van der Waals surface area contributed by atoms with E-state index in [1.807, 2.05) is 24.3 Å². The van der Waals surface area contributed by atoms with Crippen LogP contribution >= 0.6 is 0 Å². The number of methoxy groups -OCH3 is 1. The minimum Gasteiger partial charge on any atom is -0.497 e. The highest BCUT2D eigenvalue weighted by Gasteiger charge is 2.52. The number of rotatable bonds is 5. The fraction of sp³-hybridized carbons (Fsp3) is 0.190. The largest absolute Gasteiger partial charge is 0.497 e. The Hall–Kier alpha value is -2.86. The third-order valence-corrected chi connectivity index (χ3v) is 6.46. The summed E-state index contributed by atoms with van der Waals surface area (Å²) in [6, 6.07) is 19.5. The Balaban J connectivity index is 1.67. The molecule has 5 nitrogen and oxygen atoms in total. The molecular formula is C21H19NO4S. The first kappa shape index (κ1) is 17.5. The van der Waals surface area contributed by atoms with E-state index in [1.54, 1.807) is 43.5 Å². The Morgan fingerprint density at radius 1 is 1.00 bits per heavy atom. The van der Waals surface area contributed by atoms with E-state index in [-0.39, 0.29) is 4.90 Å². The van der Waals surface area contributed by atoms with Gasteiger partial charge < -0.3 is 4.74 Å². The maximum atomic E-state index is 12.9. The second-order valence-corrected chi connectivity index (χ2v) is 8.38. The van der Waals surface area contributed by atoms with Crippen molar-refractivity contribution in [2.24, 2.45) is 0 Å². The number of hydrogen-bond donors (Lipinski definition) is 1. The first-order chi connectivity index (χ1) is 13.0. The number of carbonyl (C=O) groups excluding carboxylic acids is 1. The van der Waals surface area contributed by atoms with Crippen LogP contribution in [0, 0.1) is 0 Å². The molecule has 0 atom stereocenters. The molecule has 1 saturated carbocycles. The van der Waals surface area contributed by atoms with Crippen molar-refractivity contribution in [2.75, 3.05) is 7.11 Å². The van der Waals surface area contributed by atoms with Crippen LogP contribution in [-0.4, -0.2) is 21.4 Å². The molecule has 1 fully saturated rings. The fourth-order valence-corrected chi connectivity index (χ4v) is 4.68. The lowest BCUT2D eigenvalue weighted by atomic mass is 9.95. The molecule has 0 aromatic heterocycles. The van der Waals surface area contributed by atoms with Gasteiger partial charge >= 0.3 is 0 Å². The summed E-state index contributed by atoms with van der Waals surface area (Å²) in [6.07, 6.45) is 1.22. The van der Waals surface area contributed by atoms with E-state index < -0.39 is 21.3 Å². The van der Waals surface area contributed by atoms with E-state index >= 15 is 0 Å². The predicted octanol–water partition coefficient (Wildman–Crippen LogP) is 3.39. The Labute approximate surface area is 158 Å². The Morgan fingerprint density at radius 2 is 1.70 bits per heavy atom. The number of hydrogen-bond acceptors (Lipinski definition) is 4. The molecule has 0 aliphatic heterocycles. The molecule has 0 unspecified atom stereocenters. The summed E-state index contributed by atoms with van der Waals surface area (Å²) in [4.78, 5) is 13.0. The van der Waals surface area contributed by atoms with Gasteiger partial charge in [-0.05, 0) is 42.0 Å². The molecule has 1 amide bonds. The van der Waals surface area contributed by atoms with Gasteiger partial charge in [-0.3, -0.25) is 4.79 Å². The van der Waals surface area contributed by atoms with E-state index in [2.05, 4.69) is 4.72 Å². The predicted molar refractivity (Wildman–Crippen MR) is 103 cm³/mol. The van der Waals surface area contributed by atoms with Gasteiger partial charge in [0.05, 0.1) is 17.4 Å². The standard InChI is InChI=1S/C21H19NO4S/c1-26-17-9-5-8-16(14-17)21(12-13-21)20(23)22-27(24,25)19-11-4-7-15-6-2-3-10-18(15)19/h2-11,14H,12-13H2,1H3,(H,22,23). The van der Waals surface area contributed by atoms with Crippen LogP contribution in [0.3, 0.4) is 0 Å². The smallest absolute Gasteiger partial charge is 0.264 e. The van der Waals surface area contributed by atoms with Gasteiger partial charge in [-0.15, -0.1) is 0 Å². The van der Waals surface area contributed by atoms with Gasteiger partial charge in [0.2, 0.25) is 5.91 Å². The SMILES string of the molecule is COc1cccc(C2(C(=O)NS(=O)(=O)c3cccc4ccccc34)CC2)c1. The Kier molecular flexibility index (Phi) is 4.15. The quantitative estimate of drug-likeness (QED) is 0.735. The summed E-state index contributed by atoms with van der Waals surface area (Å²) in [5, 5.41) is 1.40. The van der Waals surface area contributed by atoms with Crippen molar-refractivity contribution in [3.05, 3.63) is 72.3 Å². The highest BCUT2D eigenvalue weighted by molar-refractivity contribution is 7.90. The monoisotopic (exact) mass is 381 g/mol. The van der Waals surface area contributed by atoms with E-state index in [0.29, 0.717) is 24.0 Å². The van der Waals surface area contributed by atoms with E-state index in [0.717, 1.165) is 10.9 Å².